The van der Waals surface area contributed by atoms with Crippen LogP contribution in [0.3, 0.4) is 0 Å². The van der Waals surface area contributed by atoms with Crippen molar-refractivity contribution < 1.29 is 0 Å². The van der Waals surface area contributed by atoms with E-state index in [0.29, 0.717) is 0 Å². The van der Waals surface area contributed by atoms with E-state index in [0.717, 1.165) is 0 Å². The highest BCUT2D eigenvalue weighted by Gasteiger charge is 2.14. The van der Waals surface area contributed by atoms with Crippen LogP contribution in [0.25, 0.3) is 71.2 Å². The van der Waals surface area contributed by atoms with Crippen molar-refractivity contribution in [2.45, 2.75) is 0 Å². The largest absolute Gasteiger partial charge is 0.354 e. The number of hydrogen-bond donors (Lipinski definition) is 1. The first-order chi connectivity index (χ1) is 17.8. The first kappa shape index (κ1) is 19.5. The van der Waals surface area contributed by atoms with Gasteiger partial charge in [0.05, 0.1) is 11.0 Å². The molecule has 0 unspecified atom stereocenters. The van der Waals surface area contributed by atoms with E-state index in [-0.39, 0.29) is 0 Å². The van der Waals surface area contributed by atoms with Gasteiger partial charge in [0, 0.05) is 38.3 Å². The predicted octanol–water partition coefficient (Wildman–Crippen LogP) is 9.24. The van der Waals surface area contributed by atoms with Gasteiger partial charge in [0.15, 0.2) is 0 Å². The fourth-order valence-corrected chi connectivity index (χ4v) is 5.87. The van der Waals surface area contributed by atoms with E-state index in [1.165, 1.54) is 71.2 Å². The molecule has 36 heavy (non-hydrogen) atoms. The zero-order chi connectivity index (χ0) is 23.6. The molecule has 0 aliphatic carbocycles. The molecule has 8 aromatic rings. The highest BCUT2D eigenvalue weighted by molar-refractivity contribution is 6.20. The molecule has 2 aromatic heterocycles. The Morgan fingerprint density at radius 3 is 2.08 bits per heavy atom. The van der Waals surface area contributed by atoms with E-state index in [1.807, 2.05) is 0 Å². The second-order valence-corrected chi connectivity index (χ2v) is 9.51. The molecule has 0 radical (unpaired) electrons. The van der Waals surface area contributed by atoms with Crippen LogP contribution in [0.4, 0.5) is 0 Å². The molecular formula is C34H22N2. The molecule has 0 fully saturated rings. The summed E-state index contributed by atoms with van der Waals surface area (Å²) in [4.78, 5) is 3.57. The molecule has 0 aliphatic heterocycles. The summed E-state index contributed by atoms with van der Waals surface area (Å²) in [6.07, 6.45) is 0. The van der Waals surface area contributed by atoms with Gasteiger partial charge in [0.25, 0.3) is 0 Å². The molecule has 1 N–H and O–H groups in total. The maximum absolute atomic E-state index is 3.57. The van der Waals surface area contributed by atoms with Crippen molar-refractivity contribution in [3.05, 3.63) is 127 Å². The van der Waals surface area contributed by atoms with E-state index in [2.05, 4.69) is 137 Å². The molecule has 0 bridgehead atoms. The topological polar surface area (TPSA) is 20.7 Å². The van der Waals surface area contributed by atoms with Crippen LogP contribution in [0.1, 0.15) is 0 Å². The molecule has 0 atom stereocenters. The number of hydrogen-bond acceptors (Lipinski definition) is 0. The minimum absolute atomic E-state index is 1.18. The van der Waals surface area contributed by atoms with Crippen LogP contribution in [0, 0.1) is 0 Å². The van der Waals surface area contributed by atoms with Gasteiger partial charge in [-0.3, -0.25) is 0 Å². The van der Waals surface area contributed by atoms with E-state index < -0.39 is 0 Å². The third-order valence-corrected chi connectivity index (χ3v) is 7.51. The van der Waals surface area contributed by atoms with E-state index in [1.54, 1.807) is 0 Å². The van der Waals surface area contributed by atoms with Crippen LogP contribution < -0.4 is 0 Å². The molecule has 168 valence electrons. The number of fused-ring (bicyclic) bond motifs is 8. The van der Waals surface area contributed by atoms with E-state index in [9.17, 15) is 0 Å². The maximum atomic E-state index is 3.57. The highest BCUT2D eigenvalue weighted by atomic mass is 15.0. The Hall–Kier alpha value is -4.82. The summed E-state index contributed by atoms with van der Waals surface area (Å²) < 4.78 is 2.36. The van der Waals surface area contributed by atoms with Crippen molar-refractivity contribution in [3.8, 4) is 16.8 Å². The van der Waals surface area contributed by atoms with Gasteiger partial charge in [0.2, 0.25) is 0 Å². The van der Waals surface area contributed by atoms with Gasteiger partial charge in [-0.25, -0.2) is 0 Å². The smallest absolute Gasteiger partial charge is 0.0541 e. The van der Waals surface area contributed by atoms with Gasteiger partial charge in [-0.2, -0.15) is 0 Å². The van der Waals surface area contributed by atoms with Gasteiger partial charge >= 0.3 is 0 Å². The van der Waals surface area contributed by atoms with Gasteiger partial charge in [-0.15, -0.1) is 0 Å². The monoisotopic (exact) mass is 458 g/mol. The second kappa shape index (κ2) is 7.34. The van der Waals surface area contributed by atoms with Crippen molar-refractivity contribution in [2.75, 3.05) is 0 Å². The predicted molar refractivity (Wildman–Crippen MR) is 153 cm³/mol. The lowest BCUT2D eigenvalue weighted by Crippen LogP contribution is -1.92. The summed E-state index contributed by atoms with van der Waals surface area (Å²) in [5, 5.41) is 7.68. The number of aromatic nitrogens is 2. The zero-order valence-corrected chi connectivity index (χ0v) is 19.6. The van der Waals surface area contributed by atoms with Crippen LogP contribution in [0.15, 0.2) is 127 Å². The first-order valence-electron chi connectivity index (χ1n) is 12.4. The average Bonchev–Trinajstić information content (AvgIpc) is 3.49. The minimum Gasteiger partial charge on any atom is -0.354 e. The summed E-state index contributed by atoms with van der Waals surface area (Å²) in [6, 6.07) is 46.1. The Morgan fingerprint density at radius 2 is 1.17 bits per heavy atom. The molecular weight excluding hydrogens is 436 g/mol. The van der Waals surface area contributed by atoms with Gasteiger partial charge in [-0.05, 0) is 70.4 Å². The van der Waals surface area contributed by atoms with Crippen molar-refractivity contribution in [3.63, 3.8) is 0 Å². The number of nitrogens with zero attached hydrogens (tertiary/aromatic N) is 1. The lowest BCUT2D eigenvalue weighted by molar-refractivity contribution is 1.18. The number of rotatable bonds is 2. The number of benzene rings is 6. The average molecular weight is 459 g/mol. The zero-order valence-electron chi connectivity index (χ0n) is 19.6. The van der Waals surface area contributed by atoms with Crippen LogP contribution in [-0.2, 0) is 0 Å². The molecule has 0 saturated carbocycles. The van der Waals surface area contributed by atoms with Crippen LogP contribution in [-0.4, -0.2) is 9.55 Å². The quantitative estimate of drug-likeness (QED) is 0.266. The number of nitrogens with one attached hydrogen (secondary N) is 1. The molecule has 2 heterocycles. The fourth-order valence-electron chi connectivity index (χ4n) is 5.87. The molecule has 0 amide bonds. The SMILES string of the molecule is c1ccc(-n2c3ccccc3c3cc(-c4ccc5c(ccc6[nH]c7ccccc7c65)c4)ccc32)cc1. The Labute approximate surface area is 208 Å². The van der Waals surface area contributed by atoms with Crippen LogP contribution >= 0.6 is 0 Å². The third-order valence-electron chi connectivity index (χ3n) is 7.51. The molecule has 0 aliphatic rings. The highest BCUT2D eigenvalue weighted by Crippen LogP contribution is 2.37. The van der Waals surface area contributed by atoms with Crippen molar-refractivity contribution in [1.82, 2.24) is 9.55 Å². The molecule has 8 rings (SSSR count). The van der Waals surface area contributed by atoms with Gasteiger partial charge in [-0.1, -0.05) is 78.9 Å². The second-order valence-electron chi connectivity index (χ2n) is 9.51. The first-order valence-corrected chi connectivity index (χ1v) is 12.4. The Bertz CT molecular complexity index is 2090. The number of H-pyrrole nitrogens is 1. The normalized spacial score (nSPS) is 11.9. The summed E-state index contributed by atoms with van der Waals surface area (Å²) in [6.45, 7) is 0. The van der Waals surface area contributed by atoms with E-state index in [4.69, 9.17) is 0 Å². The molecule has 0 spiro atoms. The molecule has 0 saturated heterocycles. The third kappa shape index (κ3) is 2.73. The number of aromatic amines is 1. The lowest BCUT2D eigenvalue weighted by Gasteiger charge is -2.09. The molecule has 2 nitrogen and oxygen atoms in total. The number of para-hydroxylation sites is 3. The molecule has 2 heteroatoms. The van der Waals surface area contributed by atoms with Crippen molar-refractivity contribution in [2.24, 2.45) is 0 Å². The van der Waals surface area contributed by atoms with E-state index >= 15 is 0 Å². The standard InChI is InChI=1S/C34H22N2/c1-2-8-25(9-3-1)36-32-13-7-5-10-27(32)29-21-23(16-19-33(29)36)22-14-17-26-24(20-22)15-18-31-34(26)28-11-4-6-12-30(28)35-31/h1-21,35H. The van der Waals surface area contributed by atoms with Crippen LogP contribution in [0.5, 0.6) is 0 Å². The Kier molecular flexibility index (Phi) is 3.97. The molecule has 6 aromatic carbocycles. The summed E-state index contributed by atoms with van der Waals surface area (Å²) >= 11 is 0. The van der Waals surface area contributed by atoms with Crippen LogP contribution in [0.2, 0.25) is 0 Å². The minimum atomic E-state index is 1.18. The van der Waals surface area contributed by atoms with Crippen molar-refractivity contribution in [1.29, 1.82) is 0 Å². The lowest BCUT2D eigenvalue weighted by atomic mass is 9.97. The van der Waals surface area contributed by atoms with Crippen molar-refractivity contribution >= 4 is 54.4 Å². The van der Waals surface area contributed by atoms with Gasteiger partial charge in [0.1, 0.15) is 0 Å². The van der Waals surface area contributed by atoms with Gasteiger partial charge < -0.3 is 9.55 Å². The fraction of sp³-hybridized carbons (Fsp3) is 0. The summed E-state index contributed by atoms with van der Waals surface area (Å²) in [7, 11) is 0. The maximum Gasteiger partial charge on any atom is 0.0541 e. The summed E-state index contributed by atoms with van der Waals surface area (Å²) in [5.41, 5.74) is 8.49. The Morgan fingerprint density at radius 1 is 0.444 bits per heavy atom. The Balaban J connectivity index is 1.35. The summed E-state index contributed by atoms with van der Waals surface area (Å²) in [5.74, 6) is 0.